The molecule has 0 radical (unpaired) electrons. The first-order valence-corrected chi connectivity index (χ1v) is 11.4. The molecule has 1 amide bonds. The van der Waals surface area contributed by atoms with E-state index >= 15 is 0 Å². The predicted molar refractivity (Wildman–Crippen MR) is 107 cm³/mol. The lowest BCUT2D eigenvalue weighted by Gasteiger charge is -2.35. The van der Waals surface area contributed by atoms with Crippen molar-refractivity contribution < 1.29 is 18.0 Å². The second-order valence-corrected chi connectivity index (χ2v) is 9.49. The van der Waals surface area contributed by atoms with Crippen molar-refractivity contribution in [3.63, 3.8) is 0 Å². The summed E-state index contributed by atoms with van der Waals surface area (Å²) in [4.78, 5) is 28.1. The van der Waals surface area contributed by atoms with Gasteiger partial charge in [-0.05, 0) is 45.0 Å². The Morgan fingerprint density at radius 3 is 1.96 bits per heavy atom. The van der Waals surface area contributed by atoms with E-state index in [1.165, 1.54) is 48.3 Å². The van der Waals surface area contributed by atoms with Crippen molar-refractivity contribution in [3.8, 4) is 0 Å². The minimum Gasteiger partial charge on any atom is -0.339 e. The Labute approximate surface area is 167 Å². The number of nitrogens with zero attached hydrogens (tertiary/aromatic N) is 3. The molecule has 28 heavy (non-hydrogen) atoms. The molecule has 0 aromatic heterocycles. The van der Waals surface area contributed by atoms with Gasteiger partial charge in [0.25, 0.3) is 0 Å². The molecule has 1 aromatic rings. The lowest BCUT2D eigenvalue weighted by Crippen LogP contribution is -2.52. The predicted octanol–water partition coefficient (Wildman–Crippen LogP) is 1.60. The smallest absolute Gasteiger partial charge is 0.243 e. The van der Waals surface area contributed by atoms with E-state index in [2.05, 4.69) is 4.90 Å². The third-order valence-corrected chi connectivity index (χ3v) is 7.46. The average Bonchev–Trinajstić information content (AvgIpc) is 2.96. The lowest BCUT2D eigenvalue weighted by atomic mass is 10.2. The van der Waals surface area contributed by atoms with Crippen molar-refractivity contribution in [1.29, 1.82) is 0 Å². The van der Waals surface area contributed by atoms with Gasteiger partial charge in [0.15, 0.2) is 5.78 Å². The number of sulfonamides is 1. The van der Waals surface area contributed by atoms with Crippen molar-refractivity contribution in [2.24, 2.45) is 0 Å². The van der Waals surface area contributed by atoms with E-state index in [-0.39, 0.29) is 16.6 Å². The van der Waals surface area contributed by atoms with Gasteiger partial charge in [-0.3, -0.25) is 14.5 Å². The molecule has 0 bridgehead atoms. The minimum absolute atomic E-state index is 0.0877. The number of carbonyl (C=O) groups is 2. The molecular weight excluding hydrogens is 378 g/mol. The van der Waals surface area contributed by atoms with Crippen LogP contribution < -0.4 is 0 Å². The number of hydrogen-bond donors (Lipinski definition) is 0. The minimum atomic E-state index is -3.61. The number of Topliss-reactive ketones (excluding diaryl/α,β-unsaturated/α-hetero) is 1. The Balaban J connectivity index is 1.56. The third kappa shape index (κ3) is 4.98. The van der Waals surface area contributed by atoms with Gasteiger partial charge < -0.3 is 4.90 Å². The van der Waals surface area contributed by atoms with Crippen LogP contribution in [0.25, 0.3) is 0 Å². The summed E-state index contributed by atoms with van der Waals surface area (Å²) in [6.45, 7) is 5.23. The van der Waals surface area contributed by atoms with E-state index in [1.54, 1.807) is 4.90 Å². The number of piperazine rings is 1. The first kappa shape index (κ1) is 21.0. The van der Waals surface area contributed by atoms with Crippen LogP contribution in [0.2, 0.25) is 0 Å². The summed E-state index contributed by atoms with van der Waals surface area (Å²) in [5.41, 5.74) is 0.489. The van der Waals surface area contributed by atoms with Crippen LogP contribution in [-0.4, -0.2) is 80.0 Å². The van der Waals surface area contributed by atoms with Gasteiger partial charge in [-0.1, -0.05) is 25.0 Å². The van der Waals surface area contributed by atoms with Crippen molar-refractivity contribution in [2.75, 3.05) is 45.8 Å². The number of carbonyl (C=O) groups excluding carboxylic acids is 2. The molecule has 154 valence electrons. The molecule has 8 heteroatoms. The summed E-state index contributed by atoms with van der Waals surface area (Å²) in [5.74, 6) is -0.00903. The topological polar surface area (TPSA) is 78.0 Å². The molecule has 2 aliphatic rings. The Kier molecular flexibility index (Phi) is 6.85. The van der Waals surface area contributed by atoms with E-state index < -0.39 is 10.0 Å². The summed E-state index contributed by atoms with van der Waals surface area (Å²) in [6, 6.07) is 6.03. The van der Waals surface area contributed by atoms with Gasteiger partial charge in [0.2, 0.25) is 15.9 Å². The fourth-order valence-electron chi connectivity index (χ4n) is 3.77. The zero-order chi connectivity index (χ0) is 20.1. The van der Waals surface area contributed by atoms with Gasteiger partial charge in [0.1, 0.15) is 0 Å². The largest absolute Gasteiger partial charge is 0.339 e. The zero-order valence-corrected chi connectivity index (χ0v) is 17.3. The number of amides is 1. The highest BCUT2D eigenvalue weighted by molar-refractivity contribution is 7.89. The van der Waals surface area contributed by atoms with Crippen molar-refractivity contribution >= 4 is 21.7 Å². The first-order chi connectivity index (χ1) is 13.4. The Bertz CT molecular complexity index is 791. The number of ketones is 1. The maximum Gasteiger partial charge on any atom is 0.243 e. The Morgan fingerprint density at radius 2 is 1.43 bits per heavy atom. The molecule has 1 aromatic carbocycles. The van der Waals surface area contributed by atoms with Crippen molar-refractivity contribution in [3.05, 3.63) is 29.8 Å². The maximum absolute atomic E-state index is 12.8. The summed E-state index contributed by atoms with van der Waals surface area (Å²) < 4.78 is 27.1. The van der Waals surface area contributed by atoms with Crippen molar-refractivity contribution in [2.45, 2.75) is 37.5 Å². The molecule has 2 aliphatic heterocycles. The summed E-state index contributed by atoms with van der Waals surface area (Å²) in [6.07, 6.45) is 4.74. The van der Waals surface area contributed by atoms with E-state index in [9.17, 15) is 18.0 Å². The molecule has 3 rings (SSSR count). The highest BCUT2D eigenvalue weighted by Gasteiger charge is 2.30. The Hall–Kier alpha value is -1.77. The molecule has 0 unspecified atom stereocenters. The van der Waals surface area contributed by atoms with Crippen LogP contribution in [0.1, 0.15) is 43.0 Å². The Morgan fingerprint density at radius 1 is 0.857 bits per heavy atom. The second kappa shape index (κ2) is 9.15. The van der Waals surface area contributed by atoms with E-state index in [0.717, 1.165) is 25.9 Å². The quantitative estimate of drug-likeness (QED) is 0.693. The van der Waals surface area contributed by atoms with Gasteiger partial charge in [-0.15, -0.1) is 0 Å². The molecule has 0 saturated carbocycles. The molecule has 0 N–H and O–H groups in total. The zero-order valence-electron chi connectivity index (χ0n) is 16.5. The second-order valence-electron chi connectivity index (χ2n) is 7.56. The van der Waals surface area contributed by atoms with Crippen LogP contribution in [-0.2, 0) is 14.8 Å². The maximum atomic E-state index is 12.8. The standard InChI is InChI=1S/C20H29N3O4S/c1-17(24)18-6-8-19(9-7-18)28(26,27)23-14-12-22(13-15-23)20(25)16-21-10-4-2-3-5-11-21/h6-9H,2-5,10-16H2,1H3. The molecule has 2 heterocycles. The van der Waals surface area contributed by atoms with Gasteiger partial charge in [0, 0.05) is 31.7 Å². The number of rotatable bonds is 5. The highest BCUT2D eigenvalue weighted by Crippen LogP contribution is 2.19. The van der Waals surface area contributed by atoms with Gasteiger partial charge >= 0.3 is 0 Å². The van der Waals surface area contributed by atoms with E-state index in [4.69, 9.17) is 0 Å². The lowest BCUT2D eigenvalue weighted by molar-refractivity contribution is -0.133. The van der Waals surface area contributed by atoms with Gasteiger partial charge in [-0.25, -0.2) is 8.42 Å². The summed E-state index contributed by atoms with van der Waals surface area (Å²) in [5, 5.41) is 0. The fraction of sp³-hybridized carbons (Fsp3) is 0.600. The fourth-order valence-corrected chi connectivity index (χ4v) is 5.20. The van der Waals surface area contributed by atoms with Crippen molar-refractivity contribution in [1.82, 2.24) is 14.1 Å². The van der Waals surface area contributed by atoms with Gasteiger partial charge in [-0.2, -0.15) is 4.31 Å². The summed E-state index contributed by atoms with van der Waals surface area (Å²) >= 11 is 0. The van der Waals surface area contributed by atoms with E-state index in [1.807, 2.05) is 0 Å². The van der Waals surface area contributed by atoms with Crippen LogP contribution in [0, 0.1) is 0 Å². The normalized spacial score (nSPS) is 20.0. The van der Waals surface area contributed by atoms with Crippen LogP contribution >= 0.6 is 0 Å². The molecule has 2 saturated heterocycles. The number of benzene rings is 1. The van der Waals surface area contributed by atoms with Crippen LogP contribution in [0.5, 0.6) is 0 Å². The highest BCUT2D eigenvalue weighted by atomic mass is 32.2. The van der Waals surface area contributed by atoms with Crippen LogP contribution in [0.15, 0.2) is 29.2 Å². The molecule has 7 nitrogen and oxygen atoms in total. The molecular formula is C20H29N3O4S. The SMILES string of the molecule is CC(=O)c1ccc(S(=O)(=O)N2CCN(C(=O)CN3CCCCCC3)CC2)cc1. The van der Waals surface area contributed by atoms with Gasteiger partial charge in [0.05, 0.1) is 11.4 Å². The summed E-state index contributed by atoms with van der Waals surface area (Å²) in [7, 11) is -3.61. The molecule has 0 atom stereocenters. The molecule has 0 aliphatic carbocycles. The third-order valence-electron chi connectivity index (χ3n) is 5.55. The number of hydrogen-bond acceptors (Lipinski definition) is 5. The monoisotopic (exact) mass is 407 g/mol. The van der Waals surface area contributed by atoms with E-state index in [0.29, 0.717) is 38.3 Å². The first-order valence-electron chi connectivity index (χ1n) is 9.99. The molecule has 2 fully saturated rings. The molecule has 0 spiro atoms. The van der Waals surface area contributed by atoms with Crippen LogP contribution in [0.4, 0.5) is 0 Å². The average molecular weight is 408 g/mol. The van der Waals surface area contributed by atoms with Crippen LogP contribution in [0.3, 0.4) is 0 Å². The number of likely N-dealkylation sites (tertiary alicyclic amines) is 1.